The third-order valence-electron chi connectivity index (χ3n) is 4.89. The summed E-state index contributed by atoms with van der Waals surface area (Å²) < 4.78 is 71.6. The summed E-state index contributed by atoms with van der Waals surface area (Å²) in [6.45, 7) is 3.65. The molecule has 0 N–H and O–H groups in total. The van der Waals surface area contributed by atoms with Crippen molar-refractivity contribution in [2.75, 3.05) is 0 Å². The molecule has 3 aromatic carbocycles. The maximum atomic E-state index is 13.4. The predicted molar refractivity (Wildman–Crippen MR) is 134 cm³/mol. The molecule has 8 nitrogen and oxygen atoms in total. The summed E-state index contributed by atoms with van der Waals surface area (Å²) >= 11 is -1.73. The minimum atomic E-state index is -4.21. The number of amidine groups is 1. The number of hydrogen-bond donors (Lipinski definition) is 0. The quantitative estimate of drug-likeness (QED) is 0.445. The zero-order chi connectivity index (χ0) is 24.5. The summed E-state index contributed by atoms with van der Waals surface area (Å²) in [5.41, 5.74) is 2.46. The summed E-state index contributed by atoms with van der Waals surface area (Å²) in [5, 5.41) is -0.196. The van der Waals surface area contributed by atoms with Gasteiger partial charge < -0.3 is 0 Å². The van der Waals surface area contributed by atoms with Crippen molar-refractivity contribution in [2.45, 2.75) is 30.2 Å². The minimum Gasteiger partial charge on any atom is -0.249 e. The van der Waals surface area contributed by atoms with Crippen molar-refractivity contribution in [2.24, 2.45) is 4.40 Å². The molecule has 0 amide bonds. The van der Waals surface area contributed by atoms with Crippen LogP contribution in [-0.4, -0.2) is 33.6 Å². The van der Waals surface area contributed by atoms with E-state index >= 15 is 0 Å². The van der Waals surface area contributed by atoms with Gasteiger partial charge in [-0.3, -0.25) is 0 Å². The largest absolute Gasteiger partial charge is 0.284 e. The Hall–Kier alpha value is -2.51. The van der Waals surface area contributed by atoms with Gasteiger partial charge in [-0.1, -0.05) is 65.7 Å². The second kappa shape index (κ2) is 9.62. The highest BCUT2D eigenvalue weighted by molar-refractivity contribution is 8.29. The van der Waals surface area contributed by atoms with Gasteiger partial charge in [0.1, 0.15) is 0 Å². The third-order valence-corrected chi connectivity index (χ3v) is 11.6. The number of nitrogens with zero attached hydrogens (tertiary/aromatic N) is 3. The predicted octanol–water partition coefficient (Wildman–Crippen LogP) is 3.78. The first-order valence-corrected chi connectivity index (χ1v) is 14.7. The SMILES string of the molecule is Cc1ccc(S(=O)(=O)N=C2SN(S(=O)(=O)c3ccc(C)cc3)[S@@](=O)N2Cc2ccccc2)cc1. The molecule has 0 unspecified atom stereocenters. The van der Waals surface area contributed by atoms with E-state index in [-0.39, 0.29) is 21.5 Å². The second-order valence-corrected chi connectivity index (χ2v) is 13.8. The first-order valence-electron chi connectivity index (χ1n) is 10.0. The van der Waals surface area contributed by atoms with Crippen LogP contribution >= 0.6 is 11.9 Å². The second-order valence-electron chi connectivity index (χ2n) is 7.52. The van der Waals surface area contributed by atoms with E-state index in [2.05, 4.69) is 4.40 Å². The number of aryl methyl sites for hydroxylation is 2. The maximum Gasteiger partial charge on any atom is 0.284 e. The van der Waals surface area contributed by atoms with Crippen LogP contribution in [0.5, 0.6) is 0 Å². The third kappa shape index (κ3) is 5.10. The first kappa shape index (κ1) is 24.6. The van der Waals surface area contributed by atoms with Crippen LogP contribution in [0.1, 0.15) is 16.7 Å². The van der Waals surface area contributed by atoms with Crippen molar-refractivity contribution < 1.29 is 21.0 Å². The van der Waals surface area contributed by atoms with Gasteiger partial charge in [-0.2, -0.15) is 8.42 Å². The summed E-state index contributed by atoms with van der Waals surface area (Å²) in [5.74, 6) is 0. The Morgan fingerprint density at radius 1 is 0.794 bits per heavy atom. The number of benzene rings is 3. The lowest BCUT2D eigenvalue weighted by atomic mass is 10.2. The highest BCUT2D eigenvalue weighted by atomic mass is 32.3. The monoisotopic (exact) mass is 535 g/mol. The Balaban J connectivity index is 1.76. The summed E-state index contributed by atoms with van der Waals surface area (Å²) in [4.78, 5) is -0.0993. The molecular weight excluding hydrogens is 515 g/mol. The molecule has 178 valence electrons. The molecule has 34 heavy (non-hydrogen) atoms. The highest BCUT2D eigenvalue weighted by Crippen LogP contribution is 2.37. The van der Waals surface area contributed by atoms with Gasteiger partial charge >= 0.3 is 0 Å². The van der Waals surface area contributed by atoms with Crippen molar-refractivity contribution in [1.82, 2.24) is 7.42 Å². The maximum absolute atomic E-state index is 13.4. The average molecular weight is 536 g/mol. The van der Waals surface area contributed by atoms with Gasteiger partial charge in [0.15, 0.2) is 0 Å². The molecule has 0 aliphatic carbocycles. The van der Waals surface area contributed by atoms with Gasteiger partial charge in [0, 0.05) is 11.9 Å². The standard InChI is InChI=1S/C22H21N3O5S4/c1-17-8-12-20(13-9-17)33(27,28)23-22-24(16-19-6-4-3-5-7-19)32(26)25(31-22)34(29,30)21-14-10-18(2)11-15-21/h3-15H,16H2,1-2H3/t32-/m0/s1. The Morgan fingerprint density at radius 3 is 1.88 bits per heavy atom. The molecule has 0 radical (unpaired) electrons. The zero-order valence-electron chi connectivity index (χ0n) is 18.2. The number of sulfonamides is 2. The van der Waals surface area contributed by atoms with Gasteiger partial charge in [0.25, 0.3) is 20.0 Å². The smallest absolute Gasteiger partial charge is 0.249 e. The van der Waals surface area contributed by atoms with Gasteiger partial charge in [0.2, 0.25) is 16.3 Å². The van der Waals surface area contributed by atoms with Gasteiger partial charge in [-0.25, -0.2) is 16.9 Å². The molecule has 0 saturated carbocycles. The Labute approximate surface area is 206 Å². The molecule has 0 aromatic heterocycles. The molecule has 3 aromatic rings. The van der Waals surface area contributed by atoms with Crippen molar-refractivity contribution in [3.63, 3.8) is 0 Å². The van der Waals surface area contributed by atoms with Crippen molar-refractivity contribution in [3.8, 4) is 0 Å². The van der Waals surface area contributed by atoms with Crippen molar-refractivity contribution >= 4 is 48.3 Å². The van der Waals surface area contributed by atoms with E-state index in [1.807, 2.05) is 19.9 Å². The molecule has 4 rings (SSSR count). The first-order chi connectivity index (χ1) is 16.1. The van der Waals surface area contributed by atoms with Crippen LogP contribution in [0.4, 0.5) is 0 Å². The van der Waals surface area contributed by atoms with E-state index in [4.69, 9.17) is 0 Å². The van der Waals surface area contributed by atoms with Crippen LogP contribution in [0.15, 0.2) is 93.1 Å². The Morgan fingerprint density at radius 2 is 1.32 bits per heavy atom. The van der Waals surface area contributed by atoms with Gasteiger partial charge in [0.05, 0.1) is 16.3 Å². The average Bonchev–Trinajstić information content (AvgIpc) is 3.10. The molecular formula is C22H21N3O5S4. The van der Waals surface area contributed by atoms with Crippen LogP contribution in [0, 0.1) is 13.8 Å². The van der Waals surface area contributed by atoms with Crippen molar-refractivity contribution in [1.29, 1.82) is 0 Å². The molecule has 0 bridgehead atoms. The van der Waals surface area contributed by atoms with E-state index in [0.717, 1.165) is 15.4 Å². The topological polar surface area (TPSA) is 104 Å². The lowest BCUT2D eigenvalue weighted by Crippen LogP contribution is -2.31. The van der Waals surface area contributed by atoms with Crippen LogP contribution < -0.4 is 0 Å². The molecule has 1 heterocycles. The zero-order valence-corrected chi connectivity index (χ0v) is 21.5. The molecule has 1 atom stereocenters. The molecule has 1 fully saturated rings. The Kier molecular flexibility index (Phi) is 6.97. The van der Waals surface area contributed by atoms with E-state index in [9.17, 15) is 21.0 Å². The molecule has 0 spiro atoms. The Bertz CT molecular complexity index is 1460. The molecule has 1 aliphatic heterocycles. The van der Waals surface area contributed by atoms with E-state index in [1.165, 1.54) is 24.3 Å². The number of hydrogen-bond acceptors (Lipinski definition) is 6. The van der Waals surface area contributed by atoms with Crippen LogP contribution in [-0.2, 0) is 37.8 Å². The lowest BCUT2D eigenvalue weighted by molar-refractivity contribution is 0.564. The fourth-order valence-electron chi connectivity index (χ4n) is 3.02. The van der Waals surface area contributed by atoms with Crippen LogP contribution in [0.25, 0.3) is 0 Å². The summed E-state index contributed by atoms with van der Waals surface area (Å²) in [6.07, 6.45) is 0. The minimum absolute atomic E-state index is 0.00260. The van der Waals surface area contributed by atoms with Crippen LogP contribution in [0.2, 0.25) is 0 Å². The lowest BCUT2D eigenvalue weighted by Gasteiger charge is -2.16. The number of rotatable bonds is 6. The van der Waals surface area contributed by atoms with Crippen LogP contribution in [0.3, 0.4) is 0 Å². The normalized spacial score (nSPS) is 18.5. The molecule has 12 heteroatoms. The molecule has 1 saturated heterocycles. The van der Waals surface area contributed by atoms with Crippen molar-refractivity contribution in [3.05, 3.63) is 95.6 Å². The van der Waals surface area contributed by atoms with E-state index in [0.29, 0.717) is 20.6 Å². The van der Waals surface area contributed by atoms with E-state index < -0.39 is 31.2 Å². The van der Waals surface area contributed by atoms with Gasteiger partial charge in [-0.15, -0.1) is 4.40 Å². The summed E-state index contributed by atoms with van der Waals surface area (Å²) in [6, 6.07) is 21.1. The highest BCUT2D eigenvalue weighted by Gasteiger charge is 2.44. The fraction of sp³-hybridized carbons (Fsp3) is 0.136. The van der Waals surface area contributed by atoms with E-state index in [1.54, 1.807) is 48.5 Å². The summed E-state index contributed by atoms with van der Waals surface area (Å²) in [7, 11) is -8.39. The van der Waals surface area contributed by atoms with Gasteiger partial charge in [-0.05, 0) is 46.8 Å². The molecule has 1 aliphatic rings. The fourth-order valence-corrected chi connectivity index (χ4v) is 8.94.